The molecule has 1 fully saturated rings. The molecule has 0 aliphatic carbocycles. The van der Waals surface area contributed by atoms with Gasteiger partial charge < -0.3 is 5.11 Å². The van der Waals surface area contributed by atoms with E-state index in [0.29, 0.717) is 31.2 Å². The van der Waals surface area contributed by atoms with Gasteiger partial charge in [-0.05, 0) is 26.8 Å². The van der Waals surface area contributed by atoms with Gasteiger partial charge in [0.1, 0.15) is 0 Å². The molecule has 21 heavy (non-hydrogen) atoms. The molecule has 0 radical (unpaired) electrons. The first-order chi connectivity index (χ1) is 9.85. The van der Waals surface area contributed by atoms with Crippen molar-refractivity contribution in [3.05, 3.63) is 11.1 Å². The molecule has 1 aromatic rings. The van der Waals surface area contributed by atoms with Crippen molar-refractivity contribution >= 4 is 28.3 Å². The molecule has 1 saturated heterocycles. The molecule has 0 spiro atoms. The molecule has 0 bridgehead atoms. The number of likely N-dealkylation sites (tertiary alicyclic amines) is 1. The number of hydrogen-bond acceptors (Lipinski definition) is 5. The van der Waals surface area contributed by atoms with Crippen LogP contribution in [0.15, 0.2) is 5.38 Å². The SMILES string of the molecule is CCN(C(C)=O)c1nc(CN2CCC(C)(C(=O)O)C2)cs1. The van der Waals surface area contributed by atoms with Crippen LogP contribution in [0, 0.1) is 5.41 Å². The van der Waals surface area contributed by atoms with Gasteiger partial charge in [-0.25, -0.2) is 4.98 Å². The van der Waals surface area contributed by atoms with E-state index < -0.39 is 11.4 Å². The second kappa shape index (κ2) is 6.11. The second-order valence-electron chi connectivity index (χ2n) is 5.71. The molecule has 7 heteroatoms. The van der Waals surface area contributed by atoms with Crippen LogP contribution in [0.5, 0.6) is 0 Å². The number of anilines is 1. The van der Waals surface area contributed by atoms with Gasteiger partial charge in [-0.15, -0.1) is 11.3 Å². The number of aromatic nitrogens is 1. The number of aliphatic carboxylic acids is 1. The minimum Gasteiger partial charge on any atom is -0.481 e. The van der Waals surface area contributed by atoms with Crippen molar-refractivity contribution in [2.24, 2.45) is 5.41 Å². The Bertz CT molecular complexity index is 545. The summed E-state index contributed by atoms with van der Waals surface area (Å²) < 4.78 is 0. The number of carbonyl (C=O) groups excluding carboxylic acids is 1. The summed E-state index contributed by atoms with van der Waals surface area (Å²) in [5.41, 5.74) is 0.234. The minimum absolute atomic E-state index is 0.0157. The predicted molar refractivity (Wildman–Crippen MR) is 81.5 cm³/mol. The highest BCUT2D eigenvalue weighted by Crippen LogP contribution is 2.31. The summed E-state index contributed by atoms with van der Waals surface area (Å²) in [6.45, 7) is 7.78. The Kier molecular flexibility index (Phi) is 4.63. The molecule has 1 aromatic heterocycles. The molecule has 116 valence electrons. The highest BCUT2D eigenvalue weighted by Gasteiger charge is 2.40. The van der Waals surface area contributed by atoms with Crippen LogP contribution in [0.25, 0.3) is 0 Å². The fourth-order valence-corrected chi connectivity index (χ4v) is 3.50. The quantitative estimate of drug-likeness (QED) is 0.898. The van der Waals surface area contributed by atoms with Gasteiger partial charge >= 0.3 is 5.97 Å². The number of thiazole rings is 1. The Labute approximate surface area is 128 Å². The second-order valence-corrected chi connectivity index (χ2v) is 6.55. The molecule has 1 N–H and O–H groups in total. The van der Waals surface area contributed by atoms with E-state index in [1.807, 2.05) is 12.3 Å². The van der Waals surface area contributed by atoms with E-state index in [1.54, 1.807) is 11.8 Å². The molecule has 1 aliphatic heterocycles. The topological polar surface area (TPSA) is 73.7 Å². The summed E-state index contributed by atoms with van der Waals surface area (Å²) in [7, 11) is 0. The maximum Gasteiger partial charge on any atom is 0.310 e. The smallest absolute Gasteiger partial charge is 0.310 e. The summed E-state index contributed by atoms with van der Waals surface area (Å²) in [5, 5.41) is 11.9. The highest BCUT2D eigenvalue weighted by molar-refractivity contribution is 7.14. The maximum atomic E-state index is 11.5. The molecular formula is C14H21N3O3S. The normalized spacial score (nSPS) is 22.4. The maximum absolute atomic E-state index is 11.5. The molecule has 0 aromatic carbocycles. The van der Waals surface area contributed by atoms with Gasteiger partial charge in [0, 0.05) is 31.9 Å². The van der Waals surface area contributed by atoms with Crippen molar-refractivity contribution < 1.29 is 14.7 Å². The number of carbonyl (C=O) groups is 2. The molecule has 1 aliphatic rings. The van der Waals surface area contributed by atoms with E-state index in [2.05, 4.69) is 9.88 Å². The van der Waals surface area contributed by atoms with Crippen LogP contribution in [0.2, 0.25) is 0 Å². The van der Waals surface area contributed by atoms with Gasteiger partial charge in [-0.1, -0.05) is 0 Å². The van der Waals surface area contributed by atoms with Crippen LogP contribution in [0.3, 0.4) is 0 Å². The van der Waals surface area contributed by atoms with Crippen molar-refractivity contribution in [2.75, 3.05) is 24.5 Å². The fraction of sp³-hybridized carbons (Fsp3) is 0.643. The van der Waals surface area contributed by atoms with Crippen LogP contribution in [-0.4, -0.2) is 46.5 Å². The largest absolute Gasteiger partial charge is 0.481 e. The van der Waals surface area contributed by atoms with Gasteiger partial charge in [0.05, 0.1) is 11.1 Å². The Hall–Kier alpha value is -1.47. The van der Waals surface area contributed by atoms with Crippen LogP contribution < -0.4 is 4.90 Å². The average Bonchev–Trinajstić information content (AvgIpc) is 2.99. The van der Waals surface area contributed by atoms with E-state index in [-0.39, 0.29) is 5.91 Å². The Morgan fingerprint density at radius 3 is 2.81 bits per heavy atom. The third kappa shape index (κ3) is 3.41. The summed E-state index contributed by atoms with van der Waals surface area (Å²) >= 11 is 1.45. The molecule has 1 unspecified atom stereocenters. The van der Waals surface area contributed by atoms with Crippen molar-refractivity contribution in [1.82, 2.24) is 9.88 Å². The molecule has 6 nitrogen and oxygen atoms in total. The lowest BCUT2D eigenvalue weighted by Crippen LogP contribution is -2.31. The van der Waals surface area contributed by atoms with E-state index in [4.69, 9.17) is 0 Å². The monoisotopic (exact) mass is 311 g/mol. The molecule has 2 rings (SSSR count). The van der Waals surface area contributed by atoms with Crippen molar-refractivity contribution in [3.8, 4) is 0 Å². The lowest BCUT2D eigenvalue weighted by Gasteiger charge is -2.19. The van der Waals surface area contributed by atoms with E-state index in [9.17, 15) is 14.7 Å². The van der Waals surface area contributed by atoms with Crippen molar-refractivity contribution in [3.63, 3.8) is 0 Å². The lowest BCUT2D eigenvalue weighted by atomic mass is 9.90. The van der Waals surface area contributed by atoms with E-state index >= 15 is 0 Å². The van der Waals surface area contributed by atoms with Crippen LogP contribution >= 0.6 is 11.3 Å². The number of hydrogen-bond donors (Lipinski definition) is 1. The van der Waals surface area contributed by atoms with Crippen LogP contribution in [-0.2, 0) is 16.1 Å². The highest BCUT2D eigenvalue weighted by atomic mass is 32.1. The van der Waals surface area contributed by atoms with Crippen LogP contribution in [0.4, 0.5) is 5.13 Å². The zero-order chi connectivity index (χ0) is 15.6. The van der Waals surface area contributed by atoms with E-state index in [0.717, 1.165) is 12.2 Å². The molecule has 1 amide bonds. The van der Waals surface area contributed by atoms with Gasteiger partial charge in [0.25, 0.3) is 0 Å². The van der Waals surface area contributed by atoms with Gasteiger partial charge in [-0.3, -0.25) is 19.4 Å². The Morgan fingerprint density at radius 2 is 2.29 bits per heavy atom. The number of rotatable bonds is 5. The first-order valence-electron chi connectivity index (χ1n) is 7.04. The minimum atomic E-state index is -0.738. The van der Waals surface area contributed by atoms with Gasteiger partial charge in [0.15, 0.2) is 5.13 Å². The Morgan fingerprint density at radius 1 is 1.57 bits per heavy atom. The summed E-state index contributed by atoms with van der Waals surface area (Å²) in [6.07, 6.45) is 0.661. The number of nitrogens with zero attached hydrogens (tertiary/aromatic N) is 3. The summed E-state index contributed by atoms with van der Waals surface area (Å²) in [6, 6.07) is 0. The van der Waals surface area contributed by atoms with Crippen LogP contribution in [0.1, 0.15) is 32.9 Å². The number of carboxylic acid groups (broad SMARTS) is 1. The van der Waals surface area contributed by atoms with Gasteiger partial charge in [-0.2, -0.15) is 0 Å². The molecule has 1 atom stereocenters. The third-order valence-electron chi connectivity index (χ3n) is 3.92. The van der Waals surface area contributed by atoms with Crippen molar-refractivity contribution in [2.45, 2.75) is 33.7 Å². The Balaban J connectivity index is 2.01. The van der Waals surface area contributed by atoms with E-state index in [1.165, 1.54) is 18.3 Å². The first kappa shape index (κ1) is 15.9. The number of amides is 1. The standard InChI is InChI=1S/C14H21N3O3S/c1-4-17(10(2)18)13-15-11(8-21-13)7-16-6-5-14(3,9-16)12(19)20/h8H,4-7,9H2,1-3H3,(H,19,20). The first-order valence-corrected chi connectivity index (χ1v) is 7.92. The fourth-order valence-electron chi connectivity index (χ4n) is 2.58. The molecule has 0 saturated carbocycles. The average molecular weight is 311 g/mol. The third-order valence-corrected chi connectivity index (χ3v) is 4.83. The number of carboxylic acids is 1. The van der Waals surface area contributed by atoms with Crippen molar-refractivity contribution in [1.29, 1.82) is 0 Å². The summed E-state index contributed by atoms with van der Waals surface area (Å²) in [4.78, 5) is 31.0. The van der Waals surface area contributed by atoms with Gasteiger partial charge in [0.2, 0.25) is 5.91 Å². The predicted octanol–water partition coefficient (Wildman–Crippen LogP) is 1.81. The summed E-state index contributed by atoms with van der Waals surface area (Å²) in [5.74, 6) is -0.754. The molecular weight excluding hydrogens is 290 g/mol. The lowest BCUT2D eigenvalue weighted by molar-refractivity contribution is -0.147. The zero-order valence-electron chi connectivity index (χ0n) is 12.6. The zero-order valence-corrected chi connectivity index (χ0v) is 13.4. The molecule has 2 heterocycles.